The van der Waals surface area contributed by atoms with Crippen LogP contribution in [0, 0.1) is 12.3 Å². The van der Waals surface area contributed by atoms with E-state index in [4.69, 9.17) is 0 Å². The molecule has 9 heteroatoms. The van der Waals surface area contributed by atoms with Crippen molar-refractivity contribution >= 4 is 27.6 Å². The Morgan fingerprint density at radius 1 is 1.10 bits per heavy atom. The maximum absolute atomic E-state index is 12.9. The molecule has 2 aliphatic rings. The van der Waals surface area contributed by atoms with Crippen molar-refractivity contribution in [2.24, 2.45) is 5.41 Å². The Kier molecular flexibility index (Phi) is 6.33. The Morgan fingerprint density at radius 2 is 1.70 bits per heavy atom. The van der Waals surface area contributed by atoms with Crippen LogP contribution < -0.4 is 0 Å². The highest BCUT2D eigenvalue weighted by Crippen LogP contribution is 2.42. The van der Waals surface area contributed by atoms with Crippen molar-refractivity contribution in [1.29, 1.82) is 0 Å². The number of likely N-dealkylation sites (N-methyl/N-ethyl adjacent to an activating group) is 1. The van der Waals surface area contributed by atoms with Crippen LogP contribution in [0.4, 0.5) is 0 Å². The first-order valence-electron chi connectivity index (χ1n) is 10.1. The number of hydrogen-bond acceptors (Lipinski definition) is 6. The maximum Gasteiger partial charge on any atom is 0.238 e. The van der Waals surface area contributed by atoms with Gasteiger partial charge in [0.25, 0.3) is 0 Å². The summed E-state index contributed by atoms with van der Waals surface area (Å²) in [6.45, 7) is 3.40. The number of nitrogens with zero attached hydrogens (tertiary/aromatic N) is 3. The minimum atomic E-state index is -3.72. The van der Waals surface area contributed by atoms with E-state index in [1.165, 1.54) is 21.9 Å². The Hall–Kier alpha value is -2.26. The number of carbonyl (C=O) groups is 3. The van der Waals surface area contributed by atoms with Gasteiger partial charge in [-0.25, -0.2) is 8.42 Å². The molecule has 2 heterocycles. The number of hydrogen-bond donors (Lipinski definition) is 0. The number of amides is 3. The van der Waals surface area contributed by atoms with Crippen molar-refractivity contribution in [3.8, 4) is 0 Å². The Labute approximate surface area is 177 Å². The number of imide groups is 1. The van der Waals surface area contributed by atoms with Gasteiger partial charge in [-0.2, -0.15) is 0 Å². The highest BCUT2D eigenvalue weighted by atomic mass is 32.2. The smallest absolute Gasteiger partial charge is 0.238 e. The van der Waals surface area contributed by atoms with E-state index in [9.17, 15) is 22.8 Å². The number of likely N-dealkylation sites (tertiary alicyclic amines) is 2. The van der Waals surface area contributed by atoms with Crippen LogP contribution >= 0.6 is 0 Å². The summed E-state index contributed by atoms with van der Waals surface area (Å²) in [6.07, 6.45) is 0.932. The third kappa shape index (κ3) is 4.57. The second-order valence-electron chi connectivity index (χ2n) is 8.56. The summed E-state index contributed by atoms with van der Waals surface area (Å²) in [6, 6.07) is 6.42. The summed E-state index contributed by atoms with van der Waals surface area (Å²) >= 11 is 0. The predicted octanol–water partition coefficient (Wildman–Crippen LogP) is 0.698. The van der Waals surface area contributed by atoms with Gasteiger partial charge in [0.2, 0.25) is 17.7 Å². The quantitative estimate of drug-likeness (QED) is 0.611. The minimum absolute atomic E-state index is 0.128. The number of benzene rings is 1. The highest BCUT2D eigenvalue weighted by Gasteiger charge is 2.52. The molecular weight excluding hydrogens is 406 g/mol. The predicted molar refractivity (Wildman–Crippen MR) is 111 cm³/mol. The van der Waals surface area contributed by atoms with E-state index in [0.717, 1.165) is 5.56 Å². The molecule has 0 atom stereocenters. The van der Waals surface area contributed by atoms with E-state index in [1.54, 1.807) is 12.1 Å². The Bertz CT molecular complexity index is 932. The zero-order valence-electron chi connectivity index (χ0n) is 17.8. The molecule has 0 N–H and O–H groups in total. The Morgan fingerprint density at radius 3 is 2.27 bits per heavy atom. The van der Waals surface area contributed by atoms with Crippen molar-refractivity contribution in [1.82, 2.24) is 14.7 Å². The van der Waals surface area contributed by atoms with Crippen molar-refractivity contribution in [2.45, 2.75) is 31.1 Å². The molecule has 1 aromatic carbocycles. The molecular formula is C21H29N3O5S. The molecule has 1 spiro atoms. The molecule has 0 aliphatic carbocycles. The Balaban J connectivity index is 1.61. The largest absolute Gasteiger partial charge is 0.342 e. The van der Waals surface area contributed by atoms with Crippen LogP contribution in [-0.4, -0.2) is 86.9 Å². The maximum atomic E-state index is 12.9. The highest BCUT2D eigenvalue weighted by molar-refractivity contribution is 7.92. The zero-order chi connectivity index (χ0) is 22.1. The lowest BCUT2D eigenvalue weighted by Gasteiger charge is -2.37. The molecule has 30 heavy (non-hydrogen) atoms. The first kappa shape index (κ1) is 22.4. The monoisotopic (exact) mass is 435 g/mol. The van der Waals surface area contributed by atoms with Gasteiger partial charge < -0.3 is 9.80 Å². The summed E-state index contributed by atoms with van der Waals surface area (Å²) in [7, 11) is 0.0468. The molecule has 2 fully saturated rings. The van der Waals surface area contributed by atoms with Crippen LogP contribution in [-0.2, 0) is 24.2 Å². The van der Waals surface area contributed by atoms with E-state index >= 15 is 0 Å². The van der Waals surface area contributed by atoms with Crippen LogP contribution in [0.3, 0.4) is 0 Å². The average Bonchev–Trinajstić information content (AvgIpc) is 2.90. The zero-order valence-corrected chi connectivity index (χ0v) is 18.6. The number of carbonyl (C=O) groups excluding carboxylic acids is 3. The molecule has 0 bridgehead atoms. The van der Waals surface area contributed by atoms with Crippen LogP contribution in [0.5, 0.6) is 0 Å². The van der Waals surface area contributed by atoms with Crippen molar-refractivity contribution < 1.29 is 22.8 Å². The second-order valence-corrected chi connectivity index (χ2v) is 10.6. The van der Waals surface area contributed by atoms with Gasteiger partial charge in [-0.1, -0.05) is 17.7 Å². The van der Waals surface area contributed by atoms with Crippen LogP contribution in [0.2, 0.25) is 0 Å². The van der Waals surface area contributed by atoms with Gasteiger partial charge >= 0.3 is 0 Å². The van der Waals surface area contributed by atoms with Gasteiger partial charge in [0.15, 0.2) is 9.84 Å². The molecule has 164 valence electrons. The van der Waals surface area contributed by atoms with Gasteiger partial charge in [0.05, 0.1) is 10.3 Å². The van der Waals surface area contributed by atoms with E-state index < -0.39 is 26.9 Å². The van der Waals surface area contributed by atoms with E-state index in [0.29, 0.717) is 25.9 Å². The standard InChI is InChI=1S/C21H29N3O5S/c1-16-4-6-17(7-5-16)30(28,29)15-19(26)23-10-8-21(9-11-23)14-18(25)24(20(21)27)13-12-22(2)3/h4-7H,8-15H2,1-3H3. The van der Waals surface area contributed by atoms with Gasteiger partial charge in [-0.05, 0) is 46.0 Å². The van der Waals surface area contributed by atoms with E-state index in [1.807, 2.05) is 25.9 Å². The second kappa shape index (κ2) is 8.47. The third-order valence-corrected chi connectivity index (χ3v) is 7.64. The fraction of sp³-hybridized carbons (Fsp3) is 0.571. The molecule has 2 saturated heterocycles. The van der Waals surface area contributed by atoms with Gasteiger partial charge in [-0.3, -0.25) is 19.3 Å². The molecule has 3 amide bonds. The van der Waals surface area contributed by atoms with Crippen molar-refractivity contribution in [3.63, 3.8) is 0 Å². The lowest BCUT2D eigenvalue weighted by atomic mass is 9.77. The van der Waals surface area contributed by atoms with Crippen molar-refractivity contribution in [2.75, 3.05) is 46.0 Å². The SMILES string of the molecule is Cc1ccc(S(=O)(=O)CC(=O)N2CCC3(CC2)CC(=O)N(CCN(C)C)C3=O)cc1. The summed E-state index contributed by atoms with van der Waals surface area (Å²) in [5.41, 5.74) is 0.188. The van der Waals surface area contributed by atoms with Crippen LogP contribution in [0.1, 0.15) is 24.8 Å². The molecule has 0 radical (unpaired) electrons. The number of sulfone groups is 1. The molecule has 1 aromatic rings. The van der Waals surface area contributed by atoms with E-state index in [2.05, 4.69) is 0 Å². The third-order valence-electron chi connectivity index (χ3n) is 6.03. The van der Waals surface area contributed by atoms with Crippen molar-refractivity contribution in [3.05, 3.63) is 29.8 Å². The topological polar surface area (TPSA) is 95.1 Å². The fourth-order valence-corrected chi connectivity index (χ4v) is 5.27. The summed E-state index contributed by atoms with van der Waals surface area (Å²) in [4.78, 5) is 42.8. The number of aryl methyl sites for hydroxylation is 1. The number of piperidine rings is 1. The molecule has 3 rings (SSSR count). The molecule has 0 saturated carbocycles. The van der Waals surface area contributed by atoms with E-state index in [-0.39, 0.29) is 36.2 Å². The molecule has 8 nitrogen and oxygen atoms in total. The summed E-state index contributed by atoms with van der Waals surface area (Å²) < 4.78 is 25.1. The molecule has 0 aromatic heterocycles. The summed E-state index contributed by atoms with van der Waals surface area (Å²) in [5.74, 6) is -1.38. The lowest BCUT2D eigenvalue weighted by molar-refractivity contribution is -0.144. The normalized spacial score (nSPS) is 19.2. The van der Waals surface area contributed by atoms with Gasteiger partial charge in [0, 0.05) is 32.6 Å². The van der Waals surface area contributed by atoms with Gasteiger partial charge in [0.1, 0.15) is 5.75 Å². The number of rotatable bonds is 6. The first-order chi connectivity index (χ1) is 14.0. The molecule has 2 aliphatic heterocycles. The minimum Gasteiger partial charge on any atom is -0.342 e. The fourth-order valence-electron chi connectivity index (χ4n) is 4.04. The van der Waals surface area contributed by atoms with Crippen LogP contribution in [0.25, 0.3) is 0 Å². The summed E-state index contributed by atoms with van der Waals surface area (Å²) in [5, 5.41) is 0. The lowest BCUT2D eigenvalue weighted by Crippen LogP contribution is -2.48. The van der Waals surface area contributed by atoms with Crippen LogP contribution in [0.15, 0.2) is 29.2 Å². The molecule has 0 unspecified atom stereocenters. The average molecular weight is 436 g/mol. The first-order valence-corrected chi connectivity index (χ1v) is 11.8. The van der Waals surface area contributed by atoms with Gasteiger partial charge in [-0.15, -0.1) is 0 Å².